The van der Waals surface area contributed by atoms with Gasteiger partial charge in [-0.3, -0.25) is 0 Å². The van der Waals surface area contributed by atoms with Crippen molar-refractivity contribution in [2.75, 3.05) is 18.1 Å². The van der Waals surface area contributed by atoms with Crippen LogP contribution < -0.4 is 10.5 Å². The number of nitrogens with one attached hydrogen (secondary N) is 1. The minimum atomic E-state index is -3.99. The maximum absolute atomic E-state index is 13.5. The number of sulfonamides is 1. The molecule has 6 nitrogen and oxygen atoms in total. The van der Waals surface area contributed by atoms with Crippen molar-refractivity contribution in [1.29, 1.82) is 0 Å². The van der Waals surface area contributed by atoms with Gasteiger partial charge in [0.05, 0.1) is 10.6 Å². The molecule has 0 aliphatic carbocycles. The summed E-state index contributed by atoms with van der Waals surface area (Å²) in [7, 11) is -7.26. The average molecular weight is 324 g/mol. The Morgan fingerprint density at radius 2 is 1.90 bits per heavy atom. The zero-order valence-electron chi connectivity index (χ0n) is 11.0. The zero-order valence-corrected chi connectivity index (χ0v) is 12.6. The van der Waals surface area contributed by atoms with Gasteiger partial charge in [-0.25, -0.2) is 25.9 Å². The van der Waals surface area contributed by atoms with Gasteiger partial charge in [-0.2, -0.15) is 0 Å². The van der Waals surface area contributed by atoms with E-state index >= 15 is 0 Å². The second-order valence-corrected chi connectivity index (χ2v) is 8.26. The molecule has 1 aromatic carbocycles. The van der Waals surface area contributed by atoms with Gasteiger partial charge in [-0.05, 0) is 12.1 Å². The van der Waals surface area contributed by atoms with E-state index in [1.165, 1.54) is 19.1 Å². The van der Waals surface area contributed by atoms with Gasteiger partial charge in [-0.15, -0.1) is 0 Å². The Balaban J connectivity index is 2.93. The molecule has 0 aliphatic heterocycles. The van der Waals surface area contributed by atoms with Crippen molar-refractivity contribution in [2.24, 2.45) is 5.73 Å². The SMILES string of the molecule is CCS(=O)(=O)CCNS(=O)(=O)c1cccc(F)c1CN. The maximum atomic E-state index is 13.5. The first-order valence-electron chi connectivity index (χ1n) is 5.91. The Morgan fingerprint density at radius 1 is 1.25 bits per heavy atom. The van der Waals surface area contributed by atoms with E-state index in [1.807, 2.05) is 0 Å². The molecular formula is C11H17FN2O4S2. The van der Waals surface area contributed by atoms with Crippen LogP contribution in [-0.4, -0.2) is 34.9 Å². The second kappa shape index (κ2) is 6.61. The summed E-state index contributed by atoms with van der Waals surface area (Å²) in [6, 6.07) is 3.59. The first-order chi connectivity index (χ1) is 9.23. The van der Waals surface area contributed by atoms with Crippen LogP contribution in [0, 0.1) is 5.82 Å². The zero-order chi connectivity index (χ0) is 15.4. The molecule has 0 saturated heterocycles. The monoisotopic (exact) mass is 324 g/mol. The minimum absolute atomic E-state index is 0.0667. The largest absolute Gasteiger partial charge is 0.326 e. The van der Waals surface area contributed by atoms with Gasteiger partial charge in [0.25, 0.3) is 0 Å². The molecule has 0 bridgehead atoms. The predicted molar refractivity (Wildman–Crippen MR) is 73.8 cm³/mol. The summed E-state index contributed by atoms with van der Waals surface area (Å²) in [5.41, 5.74) is 5.21. The number of hydrogen-bond acceptors (Lipinski definition) is 5. The molecule has 0 saturated carbocycles. The van der Waals surface area contributed by atoms with Crippen molar-refractivity contribution >= 4 is 19.9 Å². The van der Waals surface area contributed by atoms with Gasteiger partial charge < -0.3 is 5.73 Å². The van der Waals surface area contributed by atoms with E-state index in [0.29, 0.717) is 0 Å². The van der Waals surface area contributed by atoms with Crippen LogP contribution >= 0.6 is 0 Å². The highest BCUT2D eigenvalue weighted by Gasteiger charge is 2.20. The number of rotatable bonds is 7. The van der Waals surface area contributed by atoms with Gasteiger partial charge in [0, 0.05) is 24.4 Å². The van der Waals surface area contributed by atoms with E-state index in [-0.39, 0.29) is 35.1 Å². The first kappa shape index (κ1) is 17.0. The van der Waals surface area contributed by atoms with Crippen LogP contribution in [0.4, 0.5) is 4.39 Å². The number of sulfone groups is 1. The Morgan fingerprint density at radius 3 is 2.45 bits per heavy atom. The smallest absolute Gasteiger partial charge is 0.241 e. The van der Waals surface area contributed by atoms with E-state index in [2.05, 4.69) is 4.72 Å². The molecule has 1 rings (SSSR count). The quantitative estimate of drug-likeness (QED) is 0.734. The van der Waals surface area contributed by atoms with Crippen LogP contribution in [0.1, 0.15) is 12.5 Å². The third kappa shape index (κ3) is 4.23. The van der Waals surface area contributed by atoms with Gasteiger partial charge in [0.1, 0.15) is 5.82 Å². The lowest BCUT2D eigenvalue weighted by molar-refractivity contribution is 0.571. The summed E-state index contributed by atoms with van der Waals surface area (Å²) in [6.07, 6.45) is 0. The fraction of sp³-hybridized carbons (Fsp3) is 0.455. The molecule has 114 valence electrons. The van der Waals surface area contributed by atoms with E-state index in [1.54, 1.807) is 0 Å². The number of halogens is 1. The highest BCUT2D eigenvalue weighted by Crippen LogP contribution is 2.18. The molecular weight excluding hydrogens is 307 g/mol. The van der Waals surface area contributed by atoms with Crippen molar-refractivity contribution < 1.29 is 21.2 Å². The van der Waals surface area contributed by atoms with Gasteiger partial charge in [0.2, 0.25) is 10.0 Å². The molecule has 1 aromatic rings. The Kier molecular flexibility index (Phi) is 5.63. The van der Waals surface area contributed by atoms with Crippen molar-refractivity contribution in [3.63, 3.8) is 0 Å². The Labute approximate surface area is 118 Å². The van der Waals surface area contributed by atoms with Crippen molar-refractivity contribution in [2.45, 2.75) is 18.4 Å². The van der Waals surface area contributed by atoms with Gasteiger partial charge in [-0.1, -0.05) is 13.0 Å². The lowest BCUT2D eigenvalue weighted by atomic mass is 10.2. The summed E-state index contributed by atoms with van der Waals surface area (Å²) < 4.78 is 62.2. The molecule has 0 aromatic heterocycles. The summed E-state index contributed by atoms with van der Waals surface area (Å²) in [5, 5.41) is 0. The number of benzene rings is 1. The molecule has 0 radical (unpaired) electrons. The van der Waals surface area contributed by atoms with E-state index in [0.717, 1.165) is 6.07 Å². The maximum Gasteiger partial charge on any atom is 0.241 e. The van der Waals surface area contributed by atoms with Crippen LogP contribution in [0.25, 0.3) is 0 Å². The summed E-state index contributed by atoms with van der Waals surface area (Å²) in [6.45, 7) is 0.943. The first-order valence-corrected chi connectivity index (χ1v) is 9.21. The Bertz CT molecular complexity index is 672. The number of nitrogens with two attached hydrogens (primary N) is 1. The van der Waals surface area contributed by atoms with Crippen LogP contribution in [0.15, 0.2) is 23.1 Å². The summed E-state index contributed by atoms with van der Waals surface area (Å²) >= 11 is 0. The molecule has 0 spiro atoms. The van der Waals surface area contributed by atoms with Gasteiger partial charge in [0.15, 0.2) is 9.84 Å². The third-order valence-electron chi connectivity index (χ3n) is 2.71. The molecule has 3 N–H and O–H groups in total. The molecule has 0 unspecified atom stereocenters. The van der Waals surface area contributed by atoms with E-state index in [4.69, 9.17) is 5.73 Å². The highest BCUT2D eigenvalue weighted by atomic mass is 32.2. The van der Waals surface area contributed by atoms with Crippen LogP contribution in [-0.2, 0) is 26.4 Å². The van der Waals surface area contributed by atoms with Crippen molar-refractivity contribution in [3.05, 3.63) is 29.6 Å². The van der Waals surface area contributed by atoms with Crippen LogP contribution in [0.3, 0.4) is 0 Å². The third-order valence-corrected chi connectivity index (χ3v) is 5.97. The van der Waals surface area contributed by atoms with Crippen LogP contribution in [0.2, 0.25) is 0 Å². The van der Waals surface area contributed by atoms with E-state index < -0.39 is 25.7 Å². The minimum Gasteiger partial charge on any atom is -0.326 e. The topological polar surface area (TPSA) is 106 Å². The van der Waals surface area contributed by atoms with E-state index in [9.17, 15) is 21.2 Å². The molecule has 0 fully saturated rings. The summed E-state index contributed by atoms with van der Waals surface area (Å²) in [4.78, 5) is -0.270. The van der Waals surface area contributed by atoms with Gasteiger partial charge >= 0.3 is 0 Å². The lowest BCUT2D eigenvalue weighted by Crippen LogP contribution is -2.30. The summed E-state index contributed by atoms with van der Waals surface area (Å²) in [5.74, 6) is -1.09. The predicted octanol–water partition coefficient (Wildman–Crippen LogP) is -0.00260. The molecule has 9 heteroatoms. The fourth-order valence-electron chi connectivity index (χ4n) is 1.54. The standard InChI is InChI=1S/C11H17FN2O4S2/c1-2-19(15,16)7-6-14-20(17,18)11-5-3-4-10(12)9(11)8-13/h3-5,14H,2,6-8,13H2,1H3. The van der Waals surface area contributed by atoms with Crippen molar-refractivity contribution in [3.8, 4) is 0 Å². The second-order valence-electron chi connectivity index (χ2n) is 4.05. The molecule has 0 atom stereocenters. The van der Waals surface area contributed by atoms with Crippen LogP contribution in [0.5, 0.6) is 0 Å². The Hall–Kier alpha value is -1.03. The number of hydrogen-bond donors (Lipinski definition) is 2. The van der Waals surface area contributed by atoms with Crippen molar-refractivity contribution in [1.82, 2.24) is 4.72 Å². The highest BCUT2D eigenvalue weighted by molar-refractivity contribution is 7.91. The lowest BCUT2D eigenvalue weighted by Gasteiger charge is -2.11. The molecule has 0 amide bonds. The molecule has 20 heavy (non-hydrogen) atoms. The molecule has 0 aliphatic rings. The fourth-order valence-corrected chi connectivity index (χ4v) is 3.66. The average Bonchev–Trinajstić information content (AvgIpc) is 2.38. The molecule has 0 heterocycles. The normalized spacial score (nSPS) is 12.6.